The molecule has 0 saturated heterocycles. The lowest BCUT2D eigenvalue weighted by Crippen LogP contribution is -2.35. The van der Waals surface area contributed by atoms with Crippen molar-refractivity contribution in [3.05, 3.63) is 29.8 Å². The molecule has 1 aromatic carbocycles. The van der Waals surface area contributed by atoms with Crippen molar-refractivity contribution in [3.63, 3.8) is 0 Å². The fourth-order valence-corrected chi connectivity index (χ4v) is 2.37. The topological polar surface area (TPSA) is 63.7 Å². The maximum absolute atomic E-state index is 11.9. The van der Waals surface area contributed by atoms with Crippen LogP contribution in [-0.4, -0.2) is 31.0 Å². The van der Waals surface area contributed by atoms with E-state index in [0.29, 0.717) is 13.0 Å². The van der Waals surface area contributed by atoms with Crippen LogP contribution in [0.5, 0.6) is 5.75 Å². The number of benzene rings is 1. The first-order valence-corrected chi connectivity index (χ1v) is 8.67. The molecule has 118 valence electrons. The third-order valence-corrected chi connectivity index (χ3v) is 4.23. The Morgan fingerprint density at radius 1 is 1.29 bits per heavy atom. The zero-order valence-electron chi connectivity index (χ0n) is 13.0. The van der Waals surface area contributed by atoms with Crippen molar-refractivity contribution < 1.29 is 17.4 Å². The molecule has 0 spiro atoms. The molecular formula is C15H23NO4S. The Morgan fingerprint density at radius 3 is 2.48 bits per heavy atom. The van der Waals surface area contributed by atoms with Crippen LogP contribution in [0.4, 0.5) is 0 Å². The van der Waals surface area contributed by atoms with Crippen molar-refractivity contribution in [1.29, 1.82) is 0 Å². The molecule has 1 amide bonds. The summed E-state index contributed by atoms with van der Waals surface area (Å²) < 4.78 is 27.9. The highest BCUT2D eigenvalue weighted by molar-refractivity contribution is 7.87. The SMILES string of the molecule is CCC(=O)N(Cc1cccc(OS(=O)(=O)CC)c1)C(C)C. The third kappa shape index (κ3) is 5.38. The second-order valence-corrected chi connectivity index (χ2v) is 6.91. The second kappa shape index (κ2) is 7.45. The van der Waals surface area contributed by atoms with Crippen molar-refractivity contribution in [2.24, 2.45) is 0 Å². The summed E-state index contributed by atoms with van der Waals surface area (Å²) in [7, 11) is -3.54. The average Bonchev–Trinajstić information content (AvgIpc) is 2.43. The normalized spacial score (nSPS) is 11.5. The summed E-state index contributed by atoms with van der Waals surface area (Å²) in [5.41, 5.74) is 0.842. The molecule has 0 bridgehead atoms. The van der Waals surface area contributed by atoms with Gasteiger partial charge in [0.1, 0.15) is 5.75 Å². The largest absolute Gasteiger partial charge is 0.382 e. The van der Waals surface area contributed by atoms with Crippen molar-refractivity contribution >= 4 is 16.0 Å². The van der Waals surface area contributed by atoms with E-state index in [9.17, 15) is 13.2 Å². The first-order chi connectivity index (χ1) is 9.79. The van der Waals surface area contributed by atoms with E-state index in [4.69, 9.17) is 4.18 Å². The van der Waals surface area contributed by atoms with Gasteiger partial charge in [0.05, 0.1) is 5.75 Å². The van der Waals surface area contributed by atoms with Gasteiger partial charge in [-0.25, -0.2) is 0 Å². The van der Waals surface area contributed by atoms with Gasteiger partial charge in [0, 0.05) is 19.0 Å². The summed E-state index contributed by atoms with van der Waals surface area (Å²) in [5.74, 6) is 0.267. The summed E-state index contributed by atoms with van der Waals surface area (Å²) in [4.78, 5) is 13.7. The second-order valence-electron chi connectivity index (χ2n) is 5.05. The Bertz CT molecular complexity index is 581. The van der Waals surface area contributed by atoms with Gasteiger partial charge in [-0.2, -0.15) is 8.42 Å². The number of carbonyl (C=O) groups excluding carboxylic acids is 1. The molecule has 6 heteroatoms. The van der Waals surface area contributed by atoms with Crippen molar-refractivity contribution in [2.75, 3.05) is 5.75 Å². The van der Waals surface area contributed by atoms with E-state index in [1.165, 1.54) is 6.92 Å². The third-order valence-electron chi connectivity index (χ3n) is 3.07. The van der Waals surface area contributed by atoms with Crippen LogP contribution in [0.1, 0.15) is 39.7 Å². The van der Waals surface area contributed by atoms with E-state index in [-0.39, 0.29) is 23.5 Å². The molecule has 0 fully saturated rings. The molecule has 1 aromatic rings. The maximum atomic E-state index is 11.9. The first kappa shape index (κ1) is 17.5. The van der Waals surface area contributed by atoms with Gasteiger partial charge in [-0.05, 0) is 38.5 Å². The molecule has 0 aliphatic heterocycles. The van der Waals surface area contributed by atoms with Crippen molar-refractivity contribution in [3.8, 4) is 5.75 Å². The maximum Gasteiger partial charge on any atom is 0.308 e. The molecule has 0 radical (unpaired) electrons. The van der Waals surface area contributed by atoms with Crippen LogP contribution in [0.25, 0.3) is 0 Å². The smallest absolute Gasteiger partial charge is 0.308 e. The highest BCUT2D eigenvalue weighted by Gasteiger charge is 2.16. The van der Waals surface area contributed by atoms with Crippen LogP contribution in [-0.2, 0) is 21.5 Å². The van der Waals surface area contributed by atoms with E-state index in [2.05, 4.69) is 0 Å². The van der Waals surface area contributed by atoms with Gasteiger partial charge >= 0.3 is 10.1 Å². The highest BCUT2D eigenvalue weighted by atomic mass is 32.2. The Morgan fingerprint density at radius 2 is 1.95 bits per heavy atom. The van der Waals surface area contributed by atoms with Crippen molar-refractivity contribution in [1.82, 2.24) is 4.90 Å². The monoisotopic (exact) mass is 313 g/mol. The number of amides is 1. The molecule has 0 heterocycles. The molecule has 0 unspecified atom stereocenters. The molecule has 21 heavy (non-hydrogen) atoms. The number of nitrogens with zero attached hydrogens (tertiary/aromatic N) is 1. The van der Waals surface area contributed by atoms with Gasteiger partial charge in [0.25, 0.3) is 0 Å². The number of carbonyl (C=O) groups is 1. The molecule has 0 aliphatic rings. The highest BCUT2D eigenvalue weighted by Crippen LogP contribution is 2.18. The van der Waals surface area contributed by atoms with Gasteiger partial charge in [-0.15, -0.1) is 0 Å². The van der Waals surface area contributed by atoms with Gasteiger partial charge in [0.15, 0.2) is 0 Å². The minimum Gasteiger partial charge on any atom is -0.382 e. The van der Waals surface area contributed by atoms with E-state index in [1.807, 2.05) is 26.8 Å². The zero-order valence-corrected chi connectivity index (χ0v) is 13.8. The lowest BCUT2D eigenvalue weighted by molar-refractivity contribution is -0.133. The minimum atomic E-state index is -3.54. The molecule has 1 rings (SSSR count). The van der Waals surface area contributed by atoms with Crippen LogP contribution in [0.2, 0.25) is 0 Å². The molecule has 0 saturated carbocycles. The number of hydrogen-bond acceptors (Lipinski definition) is 4. The minimum absolute atomic E-state index is 0.0671. The van der Waals surface area contributed by atoms with Gasteiger partial charge < -0.3 is 9.08 Å². The lowest BCUT2D eigenvalue weighted by atomic mass is 10.1. The van der Waals surface area contributed by atoms with Crippen LogP contribution < -0.4 is 4.18 Å². The Labute approximate surface area is 127 Å². The molecule has 0 N–H and O–H groups in total. The quantitative estimate of drug-likeness (QED) is 0.726. The Hall–Kier alpha value is -1.56. The van der Waals surface area contributed by atoms with E-state index in [1.54, 1.807) is 23.1 Å². The van der Waals surface area contributed by atoms with Gasteiger partial charge in [-0.1, -0.05) is 19.1 Å². The Kier molecular flexibility index (Phi) is 6.20. The van der Waals surface area contributed by atoms with Gasteiger partial charge in [-0.3, -0.25) is 4.79 Å². The molecule has 5 nitrogen and oxygen atoms in total. The summed E-state index contributed by atoms with van der Waals surface area (Å²) >= 11 is 0. The molecule has 0 aromatic heterocycles. The Balaban J connectivity index is 2.92. The molecule has 0 aliphatic carbocycles. The predicted molar refractivity (Wildman–Crippen MR) is 82.5 cm³/mol. The lowest BCUT2D eigenvalue weighted by Gasteiger charge is -2.26. The fourth-order valence-electron chi connectivity index (χ4n) is 1.86. The van der Waals surface area contributed by atoms with Crippen LogP contribution in [0.15, 0.2) is 24.3 Å². The molecule has 0 atom stereocenters. The van der Waals surface area contributed by atoms with Crippen LogP contribution in [0, 0.1) is 0 Å². The number of rotatable bonds is 7. The number of hydrogen-bond donors (Lipinski definition) is 0. The summed E-state index contributed by atoms with van der Waals surface area (Å²) in [6.07, 6.45) is 0.443. The standard InChI is InChI=1S/C15H23NO4S/c1-5-15(17)16(12(3)4)11-13-8-7-9-14(10-13)20-21(18,19)6-2/h7-10,12H,5-6,11H2,1-4H3. The summed E-state index contributed by atoms with van der Waals surface area (Å²) in [5, 5.41) is 0. The van der Waals surface area contributed by atoms with E-state index < -0.39 is 10.1 Å². The summed E-state index contributed by atoms with van der Waals surface area (Å²) in [6, 6.07) is 6.92. The van der Waals surface area contributed by atoms with Gasteiger partial charge in [0.2, 0.25) is 5.91 Å². The van der Waals surface area contributed by atoms with Crippen LogP contribution in [0.3, 0.4) is 0 Å². The van der Waals surface area contributed by atoms with E-state index >= 15 is 0 Å². The average molecular weight is 313 g/mol. The molecular weight excluding hydrogens is 290 g/mol. The predicted octanol–water partition coefficient (Wildman–Crippen LogP) is 2.56. The van der Waals surface area contributed by atoms with Crippen molar-refractivity contribution in [2.45, 2.75) is 46.7 Å². The van der Waals surface area contributed by atoms with Crippen LogP contribution >= 0.6 is 0 Å². The summed E-state index contributed by atoms with van der Waals surface area (Å²) in [6.45, 7) is 7.70. The first-order valence-electron chi connectivity index (χ1n) is 7.09. The zero-order chi connectivity index (χ0) is 16.0. The fraction of sp³-hybridized carbons (Fsp3) is 0.533. The van der Waals surface area contributed by atoms with E-state index in [0.717, 1.165) is 5.56 Å².